The molecule has 1 heterocycles. The maximum Gasteiger partial charge on any atom is 0.280 e. The molecule has 0 saturated carbocycles. The summed E-state index contributed by atoms with van der Waals surface area (Å²) in [6.45, 7) is 3.45. The minimum atomic E-state index is -0.504. The molecule has 1 aliphatic rings. The van der Waals surface area contributed by atoms with Gasteiger partial charge in [-0.25, -0.2) is 0 Å². The van der Waals surface area contributed by atoms with E-state index in [9.17, 15) is 14.9 Å². The minimum absolute atomic E-state index is 0.122. The summed E-state index contributed by atoms with van der Waals surface area (Å²) in [5, 5.41) is 11.0. The van der Waals surface area contributed by atoms with Crippen molar-refractivity contribution in [2.75, 3.05) is 32.1 Å². The monoisotopic (exact) mass is 291 g/mol. The number of carbonyl (C=O) groups excluding carboxylic acids is 1. The summed E-state index contributed by atoms with van der Waals surface area (Å²) in [5.74, 6) is -0.277. The lowest BCUT2D eigenvalue weighted by Crippen LogP contribution is -2.42. The zero-order valence-electron chi connectivity index (χ0n) is 12.7. The van der Waals surface area contributed by atoms with Crippen molar-refractivity contribution < 1.29 is 9.72 Å². The van der Waals surface area contributed by atoms with Crippen molar-refractivity contribution in [3.8, 4) is 0 Å². The molecule has 0 aromatic heterocycles. The number of nitro groups is 1. The summed E-state index contributed by atoms with van der Waals surface area (Å²) in [5.41, 5.74) is 0.917. The van der Waals surface area contributed by atoms with Crippen molar-refractivity contribution in [1.29, 1.82) is 0 Å². The van der Waals surface area contributed by atoms with Crippen LogP contribution in [0.2, 0.25) is 0 Å². The highest BCUT2D eigenvalue weighted by atomic mass is 16.6. The van der Waals surface area contributed by atoms with Crippen LogP contribution in [0.1, 0.15) is 30.1 Å². The second-order valence-corrected chi connectivity index (χ2v) is 5.66. The van der Waals surface area contributed by atoms with Crippen LogP contribution in [0.15, 0.2) is 18.2 Å². The van der Waals surface area contributed by atoms with Crippen LogP contribution in [0, 0.1) is 10.1 Å². The average molecular weight is 291 g/mol. The predicted molar refractivity (Wildman–Crippen MR) is 82.0 cm³/mol. The van der Waals surface area contributed by atoms with Crippen molar-refractivity contribution in [2.24, 2.45) is 0 Å². The van der Waals surface area contributed by atoms with E-state index in [1.165, 1.54) is 13.0 Å². The van der Waals surface area contributed by atoms with Gasteiger partial charge in [0.25, 0.3) is 5.69 Å². The van der Waals surface area contributed by atoms with E-state index in [1.807, 2.05) is 7.05 Å². The Morgan fingerprint density at radius 1 is 1.38 bits per heavy atom. The zero-order chi connectivity index (χ0) is 15.6. The molecule has 21 heavy (non-hydrogen) atoms. The molecule has 1 aromatic carbocycles. The van der Waals surface area contributed by atoms with Gasteiger partial charge in [-0.2, -0.15) is 0 Å². The number of carbonyl (C=O) groups is 1. The first-order valence-corrected chi connectivity index (χ1v) is 7.11. The lowest BCUT2D eigenvalue weighted by atomic mass is 10.0. The van der Waals surface area contributed by atoms with Gasteiger partial charge < -0.3 is 9.80 Å². The van der Waals surface area contributed by atoms with E-state index in [0.717, 1.165) is 31.6 Å². The van der Waals surface area contributed by atoms with E-state index in [4.69, 9.17) is 0 Å². The number of hydrogen-bond acceptors (Lipinski definition) is 5. The summed E-state index contributed by atoms with van der Waals surface area (Å²) in [4.78, 5) is 26.5. The lowest BCUT2D eigenvalue weighted by Gasteiger charge is -2.36. The Bertz CT molecular complexity index is 551. The first-order valence-electron chi connectivity index (χ1n) is 7.11. The Morgan fingerprint density at radius 3 is 2.52 bits per heavy atom. The van der Waals surface area contributed by atoms with Gasteiger partial charge in [-0.05, 0) is 52.0 Å². The number of piperidine rings is 1. The number of Topliss-reactive ketones (excluding diaryl/α,β-unsaturated/α-hetero) is 1. The van der Waals surface area contributed by atoms with Gasteiger partial charge in [-0.1, -0.05) is 0 Å². The van der Waals surface area contributed by atoms with Crippen LogP contribution >= 0.6 is 0 Å². The molecule has 1 aromatic rings. The molecule has 2 rings (SSSR count). The molecular weight excluding hydrogens is 270 g/mol. The number of nitrogens with zero attached hydrogens (tertiary/aromatic N) is 3. The second kappa shape index (κ2) is 6.22. The molecular formula is C15H21N3O3. The van der Waals surface area contributed by atoms with Crippen LogP contribution in [-0.4, -0.2) is 48.8 Å². The van der Waals surface area contributed by atoms with Gasteiger partial charge in [0.2, 0.25) is 0 Å². The fourth-order valence-corrected chi connectivity index (χ4v) is 2.78. The molecule has 1 saturated heterocycles. The standard InChI is InChI=1S/C15H21N3O3/c1-11(19)14-10-13(4-5-15(14)18(20)21)17(3)12-6-8-16(2)9-7-12/h4-5,10,12H,6-9H2,1-3H3. The molecule has 0 radical (unpaired) electrons. The Morgan fingerprint density at radius 2 is 2.00 bits per heavy atom. The van der Waals surface area contributed by atoms with Gasteiger partial charge in [0.05, 0.1) is 10.5 Å². The Labute approximate surface area is 124 Å². The van der Waals surface area contributed by atoms with Crippen LogP contribution in [0.5, 0.6) is 0 Å². The van der Waals surface area contributed by atoms with Crippen molar-refractivity contribution in [2.45, 2.75) is 25.8 Å². The number of ketones is 1. The van der Waals surface area contributed by atoms with Crippen LogP contribution in [-0.2, 0) is 0 Å². The molecule has 0 spiro atoms. The number of likely N-dealkylation sites (tertiary alicyclic amines) is 1. The Balaban J connectivity index is 2.25. The lowest BCUT2D eigenvalue weighted by molar-refractivity contribution is -0.385. The van der Waals surface area contributed by atoms with Crippen molar-refractivity contribution in [3.63, 3.8) is 0 Å². The second-order valence-electron chi connectivity index (χ2n) is 5.66. The van der Waals surface area contributed by atoms with Gasteiger partial charge in [-0.15, -0.1) is 0 Å². The number of benzene rings is 1. The van der Waals surface area contributed by atoms with E-state index in [0.29, 0.717) is 6.04 Å². The topological polar surface area (TPSA) is 66.7 Å². The molecule has 0 N–H and O–H groups in total. The maximum absolute atomic E-state index is 11.6. The third kappa shape index (κ3) is 3.39. The highest BCUT2D eigenvalue weighted by Crippen LogP contribution is 2.28. The molecule has 0 amide bonds. The smallest absolute Gasteiger partial charge is 0.280 e. The van der Waals surface area contributed by atoms with Gasteiger partial charge in [-0.3, -0.25) is 14.9 Å². The molecule has 0 atom stereocenters. The largest absolute Gasteiger partial charge is 0.371 e. The van der Waals surface area contributed by atoms with E-state index in [1.54, 1.807) is 12.1 Å². The predicted octanol–water partition coefficient (Wildman–Crippen LogP) is 2.33. The quantitative estimate of drug-likeness (QED) is 0.484. The normalized spacial score (nSPS) is 16.7. The summed E-state index contributed by atoms with van der Waals surface area (Å²) < 4.78 is 0. The Hall–Kier alpha value is -1.95. The van der Waals surface area contributed by atoms with Crippen LogP contribution in [0.25, 0.3) is 0 Å². The van der Waals surface area contributed by atoms with Crippen LogP contribution < -0.4 is 4.90 Å². The molecule has 0 bridgehead atoms. The van der Waals surface area contributed by atoms with E-state index in [2.05, 4.69) is 16.8 Å². The number of hydrogen-bond donors (Lipinski definition) is 0. The van der Waals surface area contributed by atoms with E-state index < -0.39 is 4.92 Å². The maximum atomic E-state index is 11.6. The average Bonchev–Trinajstić information content (AvgIpc) is 2.46. The van der Waals surface area contributed by atoms with Gasteiger partial charge in [0.15, 0.2) is 5.78 Å². The third-order valence-corrected chi connectivity index (χ3v) is 4.20. The highest BCUT2D eigenvalue weighted by molar-refractivity contribution is 5.99. The molecule has 6 nitrogen and oxygen atoms in total. The molecule has 114 valence electrons. The van der Waals surface area contributed by atoms with Crippen LogP contribution in [0.3, 0.4) is 0 Å². The summed E-state index contributed by atoms with van der Waals surface area (Å²) in [7, 11) is 4.09. The van der Waals surface area contributed by atoms with E-state index >= 15 is 0 Å². The number of rotatable bonds is 4. The first kappa shape index (κ1) is 15.4. The molecule has 0 aliphatic carbocycles. The van der Waals surface area contributed by atoms with Crippen molar-refractivity contribution in [1.82, 2.24) is 4.90 Å². The zero-order valence-corrected chi connectivity index (χ0v) is 12.7. The Kier molecular flexibility index (Phi) is 4.57. The molecule has 1 fully saturated rings. The molecule has 6 heteroatoms. The third-order valence-electron chi connectivity index (χ3n) is 4.20. The van der Waals surface area contributed by atoms with Gasteiger partial charge >= 0.3 is 0 Å². The van der Waals surface area contributed by atoms with Crippen LogP contribution in [0.4, 0.5) is 11.4 Å². The fraction of sp³-hybridized carbons (Fsp3) is 0.533. The summed E-state index contributed by atoms with van der Waals surface area (Å²) in [6, 6.07) is 5.20. The molecule has 0 unspecified atom stereocenters. The van der Waals surface area contributed by atoms with Gasteiger partial charge in [0.1, 0.15) is 0 Å². The van der Waals surface area contributed by atoms with E-state index in [-0.39, 0.29) is 17.0 Å². The van der Waals surface area contributed by atoms with Gasteiger partial charge in [0, 0.05) is 24.8 Å². The number of nitro benzene ring substituents is 1. The highest BCUT2D eigenvalue weighted by Gasteiger charge is 2.23. The SMILES string of the molecule is CC(=O)c1cc(N(C)C2CCN(C)CC2)ccc1[N+](=O)[O-]. The molecule has 1 aliphatic heterocycles. The fourth-order valence-electron chi connectivity index (χ4n) is 2.78. The number of anilines is 1. The first-order chi connectivity index (χ1) is 9.90. The summed E-state index contributed by atoms with van der Waals surface area (Å²) in [6.07, 6.45) is 2.11. The minimum Gasteiger partial charge on any atom is -0.371 e. The summed E-state index contributed by atoms with van der Waals surface area (Å²) >= 11 is 0. The van der Waals surface area contributed by atoms with Crippen molar-refractivity contribution in [3.05, 3.63) is 33.9 Å². The van der Waals surface area contributed by atoms with Crippen molar-refractivity contribution >= 4 is 17.2 Å².